The minimum absolute atomic E-state index is 0.176. The number of hydrogen-bond acceptors (Lipinski definition) is 3. The summed E-state index contributed by atoms with van der Waals surface area (Å²) in [5, 5.41) is 11.6. The van der Waals surface area contributed by atoms with E-state index in [1.807, 2.05) is 6.07 Å². The smallest absolute Gasteiger partial charge is 0.264 e. The second-order valence-electron chi connectivity index (χ2n) is 8.33. The summed E-state index contributed by atoms with van der Waals surface area (Å²) in [7, 11) is -3.64. The second kappa shape index (κ2) is 8.90. The first-order chi connectivity index (χ1) is 13.3. The molecule has 0 unspecified atom stereocenters. The van der Waals surface area contributed by atoms with Gasteiger partial charge in [-0.25, -0.2) is 4.39 Å². The van der Waals surface area contributed by atoms with Crippen LogP contribution in [0.1, 0.15) is 51.4 Å². The van der Waals surface area contributed by atoms with Crippen molar-refractivity contribution >= 4 is 12.7 Å². The monoisotopic (exact) mass is 404 g/mol. The van der Waals surface area contributed by atoms with Crippen molar-refractivity contribution in [2.24, 2.45) is 17.8 Å². The van der Waals surface area contributed by atoms with Gasteiger partial charge in [-0.05, 0) is 60.4 Å². The zero-order chi connectivity index (χ0) is 20.3. The molecular weight excluding hydrogens is 374 g/mol. The largest absolute Gasteiger partial charge is 0.378 e. The molecule has 5 atom stereocenters. The topological polar surface area (TPSA) is 46.5 Å². The molecule has 0 spiro atoms. The Morgan fingerprint density at radius 2 is 1.71 bits per heavy atom. The van der Waals surface area contributed by atoms with E-state index < -0.39 is 19.0 Å². The van der Waals surface area contributed by atoms with E-state index in [0.29, 0.717) is 28.6 Å². The molecule has 0 bridgehead atoms. The van der Waals surface area contributed by atoms with Gasteiger partial charge >= 0.3 is 0 Å². The molecule has 3 rings (SSSR count). The highest BCUT2D eigenvalue weighted by molar-refractivity contribution is 7.67. The van der Waals surface area contributed by atoms with Crippen LogP contribution in [0.3, 0.4) is 0 Å². The Kier molecular flexibility index (Phi) is 6.75. The van der Waals surface area contributed by atoms with Gasteiger partial charge in [0.25, 0.3) is 7.37 Å². The van der Waals surface area contributed by atoms with Gasteiger partial charge in [-0.2, -0.15) is 0 Å². The maximum Gasteiger partial charge on any atom is 0.264 e. The van der Waals surface area contributed by atoms with Crippen LogP contribution in [0.4, 0.5) is 4.39 Å². The number of halogens is 1. The first-order valence-corrected chi connectivity index (χ1v) is 11.8. The summed E-state index contributed by atoms with van der Waals surface area (Å²) < 4.78 is 33.9. The lowest BCUT2D eigenvalue weighted by Crippen LogP contribution is -2.35. The van der Waals surface area contributed by atoms with Gasteiger partial charge in [0, 0.05) is 5.30 Å². The highest BCUT2D eigenvalue weighted by Gasteiger charge is 2.42. The summed E-state index contributed by atoms with van der Waals surface area (Å²) in [5.41, 5.74) is 0.401. The maximum atomic E-state index is 14.2. The number of benzene rings is 2. The first-order valence-electron chi connectivity index (χ1n) is 10.1. The highest BCUT2D eigenvalue weighted by Crippen LogP contribution is 2.60. The molecule has 1 N–H and O–H groups in total. The number of aliphatic hydroxyl groups excluding tert-OH is 1. The number of hydrogen-bond donors (Lipinski definition) is 1. The lowest BCUT2D eigenvalue weighted by molar-refractivity contribution is 0.0427. The average Bonchev–Trinajstić information content (AvgIpc) is 2.68. The van der Waals surface area contributed by atoms with E-state index in [4.69, 9.17) is 4.52 Å². The van der Waals surface area contributed by atoms with E-state index in [0.717, 1.165) is 19.3 Å². The third-order valence-electron chi connectivity index (χ3n) is 5.86. The van der Waals surface area contributed by atoms with E-state index in [1.54, 1.807) is 24.3 Å². The molecule has 0 heterocycles. The Morgan fingerprint density at radius 3 is 2.32 bits per heavy atom. The number of aliphatic hydroxyl groups is 1. The highest BCUT2D eigenvalue weighted by atomic mass is 31.2. The summed E-state index contributed by atoms with van der Waals surface area (Å²) in [6.07, 6.45) is 2.82. The van der Waals surface area contributed by atoms with Gasteiger partial charge < -0.3 is 9.63 Å². The van der Waals surface area contributed by atoms with E-state index in [2.05, 4.69) is 20.8 Å². The minimum atomic E-state index is -3.64. The first kappa shape index (κ1) is 21.2. The van der Waals surface area contributed by atoms with Crippen molar-refractivity contribution < 1.29 is 18.6 Å². The Labute approximate surface area is 167 Å². The van der Waals surface area contributed by atoms with Gasteiger partial charge in [0.1, 0.15) is 5.82 Å². The third kappa shape index (κ3) is 4.56. The quantitative estimate of drug-likeness (QED) is 0.610. The second-order valence-corrected chi connectivity index (χ2v) is 10.7. The molecule has 152 valence electrons. The minimum Gasteiger partial charge on any atom is -0.378 e. The van der Waals surface area contributed by atoms with Crippen LogP contribution < -0.4 is 5.30 Å². The zero-order valence-electron chi connectivity index (χ0n) is 16.8. The summed E-state index contributed by atoms with van der Waals surface area (Å²) in [5.74, 6) is -0.529. The molecule has 0 radical (unpaired) electrons. The molecule has 1 aliphatic carbocycles. The summed E-state index contributed by atoms with van der Waals surface area (Å²) in [4.78, 5) is 0. The molecule has 1 aliphatic rings. The molecule has 1 saturated carbocycles. The van der Waals surface area contributed by atoms with Crippen LogP contribution >= 0.6 is 7.37 Å². The molecule has 1 fully saturated rings. The lowest BCUT2D eigenvalue weighted by atomic mass is 9.75. The van der Waals surface area contributed by atoms with E-state index in [1.165, 1.54) is 24.3 Å². The van der Waals surface area contributed by atoms with E-state index in [-0.39, 0.29) is 6.10 Å². The van der Waals surface area contributed by atoms with Gasteiger partial charge in [-0.1, -0.05) is 57.5 Å². The van der Waals surface area contributed by atoms with Crippen LogP contribution in [0.2, 0.25) is 0 Å². The molecule has 0 aromatic heterocycles. The molecule has 28 heavy (non-hydrogen) atoms. The summed E-state index contributed by atoms with van der Waals surface area (Å²) >= 11 is 0. The van der Waals surface area contributed by atoms with E-state index in [9.17, 15) is 14.1 Å². The van der Waals surface area contributed by atoms with Crippen LogP contribution in [-0.2, 0) is 9.09 Å². The zero-order valence-corrected chi connectivity index (χ0v) is 17.7. The molecule has 0 amide bonds. The standard InChI is InChI=1S/C23H30FO3P/c1-16(2)21-14-9-17(3)15-22(21)27-28(26,20-7-5-4-6-8-20)23(25)18-10-12-19(24)13-11-18/h4-8,10-13,16-17,21-23,25H,9,14-15H2,1-3H3/t17-,21-,22-,23+,28-/m1/s1. The van der Waals surface area contributed by atoms with E-state index >= 15 is 0 Å². The van der Waals surface area contributed by atoms with Crippen LogP contribution in [0.5, 0.6) is 0 Å². The van der Waals surface area contributed by atoms with Gasteiger partial charge in [0.2, 0.25) is 0 Å². The fourth-order valence-electron chi connectivity index (χ4n) is 4.16. The SMILES string of the molecule is CC(C)[C@H]1CC[C@@H](C)C[C@H]1O[P@](=O)(c1ccccc1)[C@H](O)c1ccc(F)cc1. The molecule has 3 nitrogen and oxygen atoms in total. The molecular formula is C23H30FO3P. The Hall–Kier alpha value is -1.48. The fraction of sp³-hybridized carbons (Fsp3) is 0.478. The van der Waals surface area contributed by atoms with Crippen LogP contribution in [0.25, 0.3) is 0 Å². The number of rotatable bonds is 6. The Balaban J connectivity index is 1.99. The van der Waals surface area contributed by atoms with Crippen molar-refractivity contribution in [2.75, 3.05) is 0 Å². The molecule has 2 aromatic carbocycles. The molecule has 2 aromatic rings. The van der Waals surface area contributed by atoms with Crippen LogP contribution in [0, 0.1) is 23.6 Å². The Morgan fingerprint density at radius 1 is 1.07 bits per heavy atom. The Bertz CT molecular complexity index is 806. The van der Waals surface area contributed by atoms with Crippen molar-refractivity contribution in [1.29, 1.82) is 0 Å². The summed E-state index contributed by atoms with van der Waals surface area (Å²) in [6, 6.07) is 14.4. The fourth-order valence-corrected chi connectivity index (χ4v) is 6.48. The van der Waals surface area contributed by atoms with Crippen LogP contribution in [-0.4, -0.2) is 11.2 Å². The maximum absolute atomic E-state index is 14.2. The normalized spacial score (nSPS) is 26.0. The molecule has 0 aliphatic heterocycles. The van der Waals surface area contributed by atoms with Crippen molar-refractivity contribution in [3.05, 3.63) is 66.0 Å². The van der Waals surface area contributed by atoms with Crippen molar-refractivity contribution in [1.82, 2.24) is 0 Å². The van der Waals surface area contributed by atoms with Crippen molar-refractivity contribution in [2.45, 2.75) is 52.0 Å². The molecule has 5 heteroatoms. The predicted molar refractivity (Wildman–Crippen MR) is 111 cm³/mol. The lowest BCUT2D eigenvalue weighted by Gasteiger charge is -2.39. The van der Waals surface area contributed by atoms with Gasteiger partial charge in [0.15, 0.2) is 5.85 Å². The average molecular weight is 404 g/mol. The summed E-state index contributed by atoms with van der Waals surface area (Å²) in [6.45, 7) is 6.53. The van der Waals surface area contributed by atoms with Crippen molar-refractivity contribution in [3.63, 3.8) is 0 Å². The molecule has 0 saturated heterocycles. The van der Waals surface area contributed by atoms with Gasteiger partial charge in [0.05, 0.1) is 6.10 Å². The predicted octanol–water partition coefficient (Wildman–Crippen LogP) is 5.90. The van der Waals surface area contributed by atoms with Gasteiger partial charge in [-0.3, -0.25) is 4.57 Å². The van der Waals surface area contributed by atoms with Gasteiger partial charge in [-0.15, -0.1) is 0 Å². The van der Waals surface area contributed by atoms with Crippen LogP contribution in [0.15, 0.2) is 54.6 Å². The van der Waals surface area contributed by atoms with Crippen molar-refractivity contribution in [3.8, 4) is 0 Å². The third-order valence-corrected chi connectivity index (χ3v) is 8.40.